The van der Waals surface area contributed by atoms with Gasteiger partial charge in [-0.2, -0.15) is 0 Å². The molecule has 1 N–H and O–H groups in total. The minimum atomic E-state index is -0.203. The van der Waals surface area contributed by atoms with Gasteiger partial charge in [-0.05, 0) is 36.4 Å². The molecule has 0 saturated carbocycles. The SMILES string of the molecule is CCN1CCN(c2ccccc2NC(=O)/C=C/c2cccc(Cl)c2Cl)CC1. The van der Waals surface area contributed by atoms with Gasteiger partial charge in [-0.3, -0.25) is 4.79 Å². The topological polar surface area (TPSA) is 35.6 Å². The Balaban J connectivity index is 1.70. The van der Waals surface area contributed by atoms with Crippen LogP contribution in [0.1, 0.15) is 12.5 Å². The lowest BCUT2D eigenvalue weighted by atomic mass is 10.2. The Morgan fingerprint density at radius 3 is 2.56 bits per heavy atom. The van der Waals surface area contributed by atoms with Crippen LogP contribution in [0.2, 0.25) is 10.0 Å². The molecule has 3 rings (SSSR count). The van der Waals surface area contributed by atoms with Crippen LogP contribution >= 0.6 is 23.2 Å². The quantitative estimate of drug-likeness (QED) is 0.728. The summed E-state index contributed by atoms with van der Waals surface area (Å²) >= 11 is 12.2. The van der Waals surface area contributed by atoms with Crippen molar-refractivity contribution in [3.8, 4) is 0 Å². The molecule has 0 radical (unpaired) electrons. The van der Waals surface area contributed by atoms with Crippen molar-refractivity contribution >= 4 is 46.6 Å². The van der Waals surface area contributed by atoms with Crippen LogP contribution in [0.3, 0.4) is 0 Å². The van der Waals surface area contributed by atoms with E-state index in [-0.39, 0.29) is 5.91 Å². The van der Waals surface area contributed by atoms with Crippen molar-refractivity contribution in [2.24, 2.45) is 0 Å². The van der Waals surface area contributed by atoms with Gasteiger partial charge in [0.25, 0.3) is 0 Å². The summed E-state index contributed by atoms with van der Waals surface area (Å²) in [7, 11) is 0. The average Bonchev–Trinajstić information content (AvgIpc) is 2.70. The van der Waals surface area contributed by atoms with E-state index in [2.05, 4.69) is 28.1 Å². The number of amides is 1. The number of nitrogens with one attached hydrogen (secondary N) is 1. The van der Waals surface area contributed by atoms with Gasteiger partial charge in [-0.15, -0.1) is 0 Å². The number of hydrogen-bond acceptors (Lipinski definition) is 3. The van der Waals surface area contributed by atoms with Crippen molar-refractivity contribution in [1.82, 2.24) is 4.90 Å². The van der Waals surface area contributed by atoms with Gasteiger partial charge >= 0.3 is 0 Å². The molecule has 1 aliphatic heterocycles. The lowest BCUT2D eigenvalue weighted by Gasteiger charge is -2.36. The number of carbonyl (C=O) groups excluding carboxylic acids is 1. The molecule has 142 valence electrons. The molecule has 0 aromatic heterocycles. The molecule has 27 heavy (non-hydrogen) atoms. The van der Waals surface area contributed by atoms with Gasteiger partial charge < -0.3 is 15.1 Å². The fraction of sp³-hybridized carbons (Fsp3) is 0.286. The second kappa shape index (κ2) is 9.27. The second-order valence-electron chi connectivity index (χ2n) is 6.40. The van der Waals surface area contributed by atoms with Gasteiger partial charge in [0.2, 0.25) is 5.91 Å². The van der Waals surface area contributed by atoms with Gasteiger partial charge in [0.05, 0.1) is 21.4 Å². The molecule has 1 saturated heterocycles. The second-order valence-corrected chi connectivity index (χ2v) is 7.19. The highest BCUT2D eigenvalue weighted by Gasteiger charge is 2.18. The Labute approximate surface area is 170 Å². The van der Waals surface area contributed by atoms with Crippen molar-refractivity contribution in [3.05, 3.63) is 64.1 Å². The van der Waals surface area contributed by atoms with Crippen molar-refractivity contribution < 1.29 is 4.79 Å². The number of para-hydroxylation sites is 2. The van der Waals surface area contributed by atoms with Gasteiger partial charge in [-0.1, -0.05) is 54.4 Å². The maximum Gasteiger partial charge on any atom is 0.248 e. The largest absolute Gasteiger partial charge is 0.367 e. The van der Waals surface area contributed by atoms with Crippen LogP contribution in [0.15, 0.2) is 48.5 Å². The van der Waals surface area contributed by atoms with Crippen molar-refractivity contribution in [2.75, 3.05) is 42.9 Å². The highest BCUT2D eigenvalue weighted by Crippen LogP contribution is 2.28. The number of benzene rings is 2. The molecule has 0 bridgehead atoms. The van der Waals surface area contributed by atoms with Gasteiger partial charge in [0, 0.05) is 32.3 Å². The smallest absolute Gasteiger partial charge is 0.248 e. The van der Waals surface area contributed by atoms with E-state index < -0.39 is 0 Å². The van der Waals surface area contributed by atoms with Crippen LogP contribution in [0, 0.1) is 0 Å². The molecule has 0 spiro atoms. The van der Waals surface area contributed by atoms with E-state index in [1.807, 2.05) is 24.3 Å². The number of piperazine rings is 1. The maximum absolute atomic E-state index is 12.4. The van der Waals surface area contributed by atoms with Crippen LogP contribution in [0.25, 0.3) is 6.08 Å². The summed E-state index contributed by atoms with van der Waals surface area (Å²) in [4.78, 5) is 17.2. The third-order valence-corrected chi connectivity index (χ3v) is 5.55. The molecule has 2 aromatic carbocycles. The van der Waals surface area contributed by atoms with E-state index in [0.717, 1.165) is 44.1 Å². The first kappa shape index (κ1) is 19.7. The number of rotatable bonds is 5. The summed E-state index contributed by atoms with van der Waals surface area (Å²) in [6, 6.07) is 13.2. The number of halogens is 2. The molecule has 2 aromatic rings. The summed E-state index contributed by atoms with van der Waals surface area (Å²) in [5, 5.41) is 3.89. The lowest BCUT2D eigenvalue weighted by Crippen LogP contribution is -2.46. The highest BCUT2D eigenvalue weighted by atomic mass is 35.5. The van der Waals surface area contributed by atoms with E-state index in [1.54, 1.807) is 18.2 Å². The molecule has 0 atom stereocenters. The summed E-state index contributed by atoms with van der Waals surface area (Å²) in [5.41, 5.74) is 2.58. The van der Waals surface area contributed by atoms with Crippen molar-refractivity contribution in [2.45, 2.75) is 6.92 Å². The number of hydrogen-bond donors (Lipinski definition) is 1. The Morgan fingerprint density at radius 1 is 1.07 bits per heavy atom. The molecule has 1 fully saturated rings. The van der Waals surface area contributed by atoms with Crippen LogP contribution in [-0.4, -0.2) is 43.5 Å². The van der Waals surface area contributed by atoms with E-state index in [4.69, 9.17) is 23.2 Å². The third kappa shape index (κ3) is 5.04. The zero-order chi connectivity index (χ0) is 19.2. The Hall–Kier alpha value is -2.01. The van der Waals surface area contributed by atoms with E-state index in [0.29, 0.717) is 15.6 Å². The zero-order valence-corrected chi connectivity index (χ0v) is 16.8. The highest BCUT2D eigenvalue weighted by molar-refractivity contribution is 6.42. The van der Waals surface area contributed by atoms with Crippen molar-refractivity contribution in [1.29, 1.82) is 0 Å². The molecule has 0 aliphatic carbocycles. The lowest BCUT2D eigenvalue weighted by molar-refractivity contribution is -0.111. The Morgan fingerprint density at radius 2 is 1.81 bits per heavy atom. The van der Waals surface area contributed by atoms with Gasteiger partial charge in [-0.25, -0.2) is 0 Å². The minimum Gasteiger partial charge on any atom is -0.367 e. The van der Waals surface area contributed by atoms with E-state index in [1.165, 1.54) is 6.08 Å². The summed E-state index contributed by atoms with van der Waals surface area (Å²) in [6.07, 6.45) is 3.15. The predicted molar refractivity (Wildman–Crippen MR) is 115 cm³/mol. The van der Waals surface area contributed by atoms with Gasteiger partial charge in [0.15, 0.2) is 0 Å². The van der Waals surface area contributed by atoms with Crippen LogP contribution < -0.4 is 10.2 Å². The molecule has 1 aliphatic rings. The molecule has 1 amide bonds. The maximum atomic E-state index is 12.4. The first-order valence-electron chi connectivity index (χ1n) is 9.08. The molecule has 1 heterocycles. The molecular formula is C21H23Cl2N3O. The number of likely N-dealkylation sites (N-methyl/N-ethyl adjacent to an activating group) is 1. The fourth-order valence-electron chi connectivity index (χ4n) is 3.15. The van der Waals surface area contributed by atoms with Crippen LogP contribution in [0.5, 0.6) is 0 Å². The van der Waals surface area contributed by atoms with E-state index in [9.17, 15) is 4.79 Å². The predicted octanol–water partition coefficient (Wildman–Crippen LogP) is 4.79. The number of anilines is 2. The third-order valence-electron chi connectivity index (χ3n) is 4.72. The van der Waals surface area contributed by atoms with Crippen LogP contribution in [0.4, 0.5) is 11.4 Å². The normalized spacial score (nSPS) is 15.3. The summed E-state index contributed by atoms with van der Waals surface area (Å²) in [6.45, 7) is 7.23. The summed E-state index contributed by atoms with van der Waals surface area (Å²) in [5.74, 6) is -0.203. The monoisotopic (exact) mass is 403 g/mol. The van der Waals surface area contributed by atoms with Crippen LogP contribution in [-0.2, 0) is 4.79 Å². The van der Waals surface area contributed by atoms with E-state index >= 15 is 0 Å². The first-order chi connectivity index (χ1) is 13.1. The Kier molecular flexibility index (Phi) is 6.78. The minimum absolute atomic E-state index is 0.203. The Bertz CT molecular complexity index is 830. The van der Waals surface area contributed by atoms with Gasteiger partial charge in [0.1, 0.15) is 0 Å². The molecule has 6 heteroatoms. The zero-order valence-electron chi connectivity index (χ0n) is 15.3. The number of nitrogens with zero attached hydrogens (tertiary/aromatic N) is 2. The molecule has 4 nitrogen and oxygen atoms in total. The summed E-state index contributed by atoms with van der Waals surface area (Å²) < 4.78 is 0. The first-order valence-corrected chi connectivity index (χ1v) is 9.83. The fourth-order valence-corrected chi connectivity index (χ4v) is 3.52. The standard InChI is InChI=1S/C21H23Cl2N3O/c1-2-25-12-14-26(15-13-25)19-9-4-3-8-18(19)24-20(27)11-10-16-6-5-7-17(22)21(16)23/h3-11H,2,12-15H2,1H3,(H,24,27)/b11-10+. The van der Waals surface area contributed by atoms with Crippen molar-refractivity contribution in [3.63, 3.8) is 0 Å². The molecule has 0 unspecified atom stereocenters. The molecular weight excluding hydrogens is 381 g/mol. The average molecular weight is 404 g/mol. The number of carbonyl (C=O) groups is 1.